The smallest absolute Gasteiger partial charge is 0.475 e. The first-order valence-electron chi connectivity index (χ1n) is 13.2. The predicted molar refractivity (Wildman–Crippen MR) is 152 cm³/mol. The van der Waals surface area contributed by atoms with Crippen molar-refractivity contribution in [2.24, 2.45) is 5.92 Å². The summed E-state index contributed by atoms with van der Waals surface area (Å²) in [5.41, 5.74) is 3.29. The maximum Gasteiger partial charge on any atom is 0.490 e. The topological polar surface area (TPSA) is 116 Å². The Morgan fingerprint density at radius 2 is 1.45 bits per heavy atom. The second-order valence-corrected chi connectivity index (χ2v) is 12.0. The Labute approximate surface area is 243 Å². The van der Waals surface area contributed by atoms with E-state index in [4.69, 9.17) is 9.90 Å². The molecule has 0 saturated carbocycles. The number of carboxylic acid groups (broad SMARTS) is 1. The molecule has 0 aliphatic carbocycles. The molecule has 12 heteroatoms. The average molecular weight is 606 g/mol. The van der Waals surface area contributed by atoms with Crippen LogP contribution in [-0.4, -0.2) is 68.6 Å². The fourth-order valence-corrected chi connectivity index (χ4v) is 5.98. The summed E-state index contributed by atoms with van der Waals surface area (Å²) in [6.07, 6.45) is -4.61. The van der Waals surface area contributed by atoms with Crippen molar-refractivity contribution >= 4 is 21.9 Å². The number of carboxylic acids is 1. The SMILES string of the molecule is Cc1ccc(S(=O)(=O)N(C)[C@H]2CNC[C@@H](C(=O)NCC(c3ccccc3)c3ccccc3)C2)cc1.O=C(O)C(F)(F)F. The van der Waals surface area contributed by atoms with Gasteiger partial charge < -0.3 is 15.7 Å². The van der Waals surface area contributed by atoms with E-state index in [1.807, 2.05) is 43.3 Å². The van der Waals surface area contributed by atoms with Gasteiger partial charge in [0.1, 0.15) is 0 Å². The van der Waals surface area contributed by atoms with Crippen molar-refractivity contribution in [1.82, 2.24) is 14.9 Å². The van der Waals surface area contributed by atoms with Gasteiger partial charge in [-0.05, 0) is 36.6 Å². The Morgan fingerprint density at radius 1 is 0.952 bits per heavy atom. The number of piperidine rings is 1. The van der Waals surface area contributed by atoms with Gasteiger partial charge in [-0.25, -0.2) is 13.2 Å². The highest BCUT2D eigenvalue weighted by Crippen LogP contribution is 2.25. The van der Waals surface area contributed by atoms with Crippen molar-refractivity contribution in [2.45, 2.75) is 36.4 Å². The number of halogens is 3. The summed E-state index contributed by atoms with van der Waals surface area (Å²) < 4.78 is 59.4. The molecule has 0 bridgehead atoms. The largest absolute Gasteiger partial charge is 0.490 e. The molecule has 1 saturated heterocycles. The number of nitrogens with one attached hydrogen (secondary N) is 2. The minimum atomic E-state index is -5.08. The molecule has 1 amide bonds. The first-order chi connectivity index (χ1) is 19.8. The number of aryl methyl sites for hydroxylation is 1. The van der Waals surface area contributed by atoms with Gasteiger partial charge >= 0.3 is 12.1 Å². The normalized spacial score (nSPS) is 17.3. The van der Waals surface area contributed by atoms with Gasteiger partial charge in [-0.15, -0.1) is 0 Å². The summed E-state index contributed by atoms with van der Waals surface area (Å²) in [6, 6.07) is 26.9. The summed E-state index contributed by atoms with van der Waals surface area (Å²) >= 11 is 0. The van der Waals surface area contributed by atoms with E-state index in [0.717, 1.165) is 16.7 Å². The van der Waals surface area contributed by atoms with Crippen molar-refractivity contribution in [3.8, 4) is 0 Å². The predicted octanol–water partition coefficient (Wildman–Crippen LogP) is 4.18. The van der Waals surface area contributed by atoms with Crippen LogP contribution >= 0.6 is 0 Å². The molecule has 1 aliphatic rings. The molecule has 3 N–H and O–H groups in total. The number of hydrogen-bond acceptors (Lipinski definition) is 5. The van der Waals surface area contributed by atoms with Crippen LogP contribution in [0.1, 0.15) is 29.0 Å². The Hall–Kier alpha value is -3.74. The first kappa shape index (κ1) is 32.8. The van der Waals surface area contributed by atoms with Gasteiger partial charge in [0.15, 0.2) is 0 Å². The number of benzene rings is 3. The highest BCUT2D eigenvalue weighted by Gasteiger charge is 2.38. The summed E-state index contributed by atoms with van der Waals surface area (Å²) in [4.78, 5) is 22.3. The molecule has 1 fully saturated rings. The first-order valence-corrected chi connectivity index (χ1v) is 14.7. The van der Waals surface area contributed by atoms with E-state index in [-0.39, 0.29) is 28.7 Å². The van der Waals surface area contributed by atoms with Gasteiger partial charge in [-0.2, -0.15) is 17.5 Å². The number of sulfonamides is 1. The zero-order valence-corrected chi connectivity index (χ0v) is 24.0. The van der Waals surface area contributed by atoms with Gasteiger partial charge in [0.2, 0.25) is 15.9 Å². The molecule has 1 heterocycles. The molecule has 2 atom stereocenters. The van der Waals surface area contributed by atoms with Crippen molar-refractivity contribution in [3.05, 3.63) is 102 Å². The van der Waals surface area contributed by atoms with Crippen LogP contribution in [0.4, 0.5) is 13.2 Å². The van der Waals surface area contributed by atoms with E-state index >= 15 is 0 Å². The zero-order chi connectivity index (χ0) is 30.9. The molecule has 1 aliphatic heterocycles. The molecule has 4 rings (SSSR count). The molecule has 0 radical (unpaired) electrons. The third-order valence-electron chi connectivity index (χ3n) is 7.04. The Balaban J connectivity index is 0.000000616. The quantitative estimate of drug-likeness (QED) is 0.355. The van der Waals surface area contributed by atoms with E-state index in [0.29, 0.717) is 26.1 Å². The molecule has 3 aromatic rings. The van der Waals surface area contributed by atoms with E-state index < -0.39 is 22.2 Å². The number of aliphatic carboxylic acids is 1. The zero-order valence-electron chi connectivity index (χ0n) is 23.2. The van der Waals surface area contributed by atoms with Crippen LogP contribution in [-0.2, 0) is 19.6 Å². The minimum Gasteiger partial charge on any atom is -0.475 e. The van der Waals surface area contributed by atoms with Crippen LogP contribution in [0, 0.1) is 12.8 Å². The molecule has 0 unspecified atom stereocenters. The lowest BCUT2D eigenvalue weighted by Crippen LogP contribution is -2.52. The lowest BCUT2D eigenvalue weighted by atomic mass is 9.90. The fraction of sp³-hybridized carbons (Fsp3) is 0.333. The van der Waals surface area contributed by atoms with E-state index in [1.54, 1.807) is 31.3 Å². The number of carbonyl (C=O) groups is 2. The second-order valence-electron chi connectivity index (χ2n) is 10.0. The van der Waals surface area contributed by atoms with Crippen molar-refractivity contribution in [1.29, 1.82) is 0 Å². The van der Waals surface area contributed by atoms with Gasteiger partial charge in [-0.3, -0.25) is 4.79 Å². The third kappa shape index (κ3) is 8.88. The van der Waals surface area contributed by atoms with Crippen molar-refractivity contribution in [3.63, 3.8) is 0 Å². The van der Waals surface area contributed by atoms with Crippen LogP contribution < -0.4 is 10.6 Å². The molecule has 226 valence electrons. The molecule has 42 heavy (non-hydrogen) atoms. The maximum atomic E-state index is 13.2. The molecule has 0 aromatic heterocycles. The van der Waals surface area contributed by atoms with Crippen molar-refractivity contribution in [2.75, 3.05) is 26.7 Å². The van der Waals surface area contributed by atoms with E-state index in [1.165, 1.54) is 4.31 Å². The number of hydrogen-bond donors (Lipinski definition) is 3. The molecule has 8 nitrogen and oxygen atoms in total. The van der Waals surface area contributed by atoms with Crippen LogP contribution in [0.2, 0.25) is 0 Å². The monoisotopic (exact) mass is 605 g/mol. The Bertz CT molecular complexity index is 1380. The van der Waals surface area contributed by atoms with Gasteiger partial charge in [0.05, 0.1) is 10.8 Å². The highest BCUT2D eigenvalue weighted by atomic mass is 32.2. The molecular weight excluding hydrogens is 571 g/mol. The number of carbonyl (C=O) groups excluding carboxylic acids is 1. The lowest BCUT2D eigenvalue weighted by molar-refractivity contribution is -0.192. The van der Waals surface area contributed by atoms with E-state index in [9.17, 15) is 26.4 Å². The molecule has 0 spiro atoms. The van der Waals surface area contributed by atoms with Crippen LogP contribution in [0.3, 0.4) is 0 Å². The third-order valence-corrected chi connectivity index (χ3v) is 8.96. The fourth-order valence-electron chi connectivity index (χ4n) is 4.61. The molecular formula is C30H34F3N3O5S. The van der Waals surface area contributed by atoms with Gasteiger partial charge in [-0.1, -0.05) is 78.4 Å². The maximum absolute atomic E-state index is 13.2. The summed E-state index contributed by atoms with van der Waals surface area (Å²) in [5.74, 6) is -3.08. The molecule has 3 aromatic carbocycles. The number of nitrogens with zero attached hydrogens (tertiary/aromatic N) is 1. The summed E-state index contributed by atoms with van der Waals surface area (Å²) in [6.45, 7) is 3.45. The number of rotatable bonds is 8. The highest BCUT2D eigenvalue weighted by molar-refractivity contribution is 7.89. The Kier molecular flexibility index (Phi) is 11.3. The number of amides is 1. The van der Waals surface area contributed by atoms with Crippen LogP contribution in [0.25, 0.3) is 0 Å². The number of alkyl halides is 3. The van der Waals surface area contributed by atoms with Crippen LogP contribution in [0.15, 0.2) is 89.8 Å². The lowest BCUT2D eigenvalue weighted by Gasteiger charge is -2.35. The second kappa shape index (κ2) is 14.4. The summed E-state index contributed by atoms with van der Waals surface area (Å²) in [5, 5.41) is 13.5. The summed E-state index contributed by atoms with van der Waals surface area (Å²) in [7, 11) is -2.04. The van der Waals surface area contributed by atoms with Gasteiger partial charge in [0, 0.05) is 38.6 Å². The Morgan fingerprint density at radius 3 is 1.93 bits per heavy atom. The average Bonchev–Trinajstić information content (AvgIpc) is 2.98. The van der Waals surface area contributed by atoms with Crippen LogP contribution in [0.5, 0.6) is 0 Å². The standard InChI is InChI=1S/C28H33N3O3S.C2HF3O2/c1-21-13-15-26(16-14-21)35(33,34)31(2)25-17-24(18-29-19-25)28(32)30-20-27(22-9-5-3-6-10-22)23-11-7-4-8-12-23;3-2(4,5)1(6)7/h3-16,24-25,27,29H,17-20H2,1-2H3,(H,30,32);(H,6,7)/t24-,25+;/m0./s1. The van der Waals surface area contributed by atoms with Gasteiger partial charge in [0.25, 0.3) is 0 Å². The van der Waals surface area contributed by atoms with E-state index in [2.05, 4.69) is 34.9 Å². The number of likely N-dealkylation sites (N-methyl/N-ethyl adjacent to an activating group) is 1. The van der Waals surface area contributed by atoms with Crippen molar-refractivity contribution < 1.29 is 36.3 Å². The minimum absolute atomic E-state index is 0.0401.